The van der Waals surface area contributed by atoms with Gasteiger partial charge in [0.2, 0.25) is 0 Å². The van der Waals surface area contributed by atoms with Crippen LogP contribution in [0.2, 0.25) is 0 Å². The first kappa shape index (κ1) is 28.7. The van der Waals surface area contributed by atoms with Gasteiger partial charge in [0.05, 0.1) is 11.1 Å². The summed E-state index contributed by atoms with van der Waals surface area (Å²) in [6.07, 6.45) is 2.46. The van der Waals surface area contributed by atoms with Gasteiger partial charge >= 0.3 is 0 Å². The summed E-state index contributed by atoms with van der Waals surface area (Å²) in [4.78, 5) is 27.4. The summed E-state index contributed by atoms with van der Waals surface area (Å²) < 4.78 is 13.2. The number of carbonyl (C=O) groups is 2. The molecule has 40 heavy (non-hydrogen) atoms. The van der Waals surface area contributed by atoms with Crippen molar-refractivity contribution in [3.8, 4) is 11.5 Å². The number of aryl methyl sites for hydroxylation is 2. The Hall–Kier alpha value is -2.86. The van der Waals surface area contributed by atoms with Crippen molar-refractivity contribution in [1.82, 2.24) is 5.32 Å². The number of ether oxygens (including phenoxy) is 2. The lowest BCUT2D eigenvalue weighted by Gasteiger charge is -2.44. The second-order valence-corrected chi connectivity index (χ2v) is 14.0. The van der Waals surface area contributed by atoms with E-state index < -0.39 is 5.92 Å². The molecule has 6 heteroatoms. The van der Waals surface area contributed by atoms with E-state index in [0.717, 1.165) is 51.0 Å². The van der Waals surface area contributed by atoms with Crippen LogP contribution in [0.4, 0.5) is 0 Å². The van der Waals surface area contributed by atoms with Gasteiger partial charge in [-0.2, -0.15) is 0 Å². The minimum Gasteiger partial charge on any atom is -0.490 e. The molecule has 0 bridgehead atoms. The number of allylic oxidation sites excluding steroid dienone is 4. The van der Waals surface area contributed by atoms with E-state index in [1.165, 1.54) is 11.1 Å². The molecule has 212 valence electrons. The van der Waals surface area contributed by atoms with Gasteiger partial charge in [0.1, 0.15) is 6.61 Å². The molecule has 0 fully saturated rings. The van der Waals surface area contributed by atoms with E-state index >= 15 is 0 Å². The molecule has 2 aromatic carbocycles. The maximum absolute atomic E-state index is 13.7. The smallest absolute Gasteiger partial charge is 0.175 e. The average Bonchev–Trinajstić information content (AvgIpc) is 2.82. The summed E-state index contributed by atoms with van der Waals surface area (Å²) >= 11 is 3.75. The second-order valence-electron chi connectivity index (χ2n) is 13.2. The molecule has 5 rings (SSSR count). The molecule has 3 aliphatic rings. The molecule has 1 aliphatic heterocycles. The molecule has 0 unspecified atom stereocenters. The topological polar surface area (TPSA) is 64.6 Å². The van der Waals surface area contributed by atoms with E-state index in [1.54, 1.807) is 0 Å². The molecule has 0 atom stereocenters. The molecular weight excluding hydrogens is 566 g/mol. The van der Waals surface area contributed by atoms with Crippen LogP contribution in [-0.4, -0.2) is 18.2 Å². The van der Waals surface area contributed by atoms with Crippen molar-refractivity contribution < 1.29 is 19.1 Å². The number of benzene rings is 2. The van der Waals surface area contributed by atoms with Gasteiger partial charge in [-0.1, -0.05) is 45.9 Å². The first-order valence-corrected chi connectivity index (χ1v) is 15.0. The van der Waals surface area contributed by atoms with Crippen molar-refractivity contribution in [3.05, 3.63) is 79.6 Å². The fourth-order valence-electron chi connectivity index (χ4n) is 6.43. The van der Waals surface area contributed by atoms with E-state index in [1.807, 2.05) is 19.1 Å². The fraction of sp³-hybridized carbons (Fsp3) is 0.471. The minimum absolute atomic E-state index is 0.108. The van der Waals surface area contributed by atoms with Gasteiger partial charge in [0, 0.05) is 41.3 Å². The number of nitrogens with one attached hydrogen (secondary N) is 1. The van der Waals surface area contributed by atoms with Crippen LogP contribution in [0.25, 0.3) is 0 Å². The molecule has 2 aromatic rings. The lowest BCUT2D eigenvalue weighted by atomic mass is 9.64. The quantitative estimate of drug-likeness (QED) is 0.361. The van der Waals surface area contributed by atoms with Crippen LogP contribution in [-0.2, 0) is 16.2 Å². The third-order valence-electron chi connectivity index (χ3n) is 8.34. The maximum atomic E-state index is 13.7. The molecule has 0 amide bonds. The number of dihydropyridines is 1. The summed E-state index contributed by atoms with van der Waals surface area (Å²) in [6.45, 7) is 15.5. The largest absolute Gasteiger partial charge is 0.490 e. The lowest BCUT2D eigenvalue weighted by Crippen LogP contribution is -2.42. The lowest BCUT2D eigenvalue weighted by molar-refractivity contribution is -0.119. The second kappa shape index (κ2) is 10.5. The van der Waals surface area contributed by atoms with Gasteiger partial charge in [-0.3, -0.25) is 9.59 Å². The molecule has 1 N–H and O–H groups in total. The number of carbonyl (C=O) groups excluding carboxylic acids is 2. The normalized spacial score (nSPS) is 20.2. The van der Waals surface area contributed by atoms with E-state index in [4.69, 9.17) is 9.47 Å². The fourth-order valence-corrected chi connectivity index (χ4v) is 7.00. The Bertz CT molecular complexity index is 1410. The summed E-state index contributed by atoms with van der Waals surface area (Å²) in [5.74, 6) is 1.01. The SMILES string of the molecule is CCOc1cc(C2C3=C(CC(C)(C)CC3=O)NC3=C2C(=O)CC(C)(C)C3)cc(Br)c1OCc1ccc(C)c(C)c1. The van der Waals surface area contributed by atoms with Crippen molar-refractivity contribution in [1.29, 1.82) is 0 Å². The Balaban J connectivity index is 1.60. The summed E-state index contributed by atoms with van der Waals surface area (Å²) in [6, 6.07) is 10.3. The number of halogens is 1. The first-order chi connectivity index (χ1) is 18.8. The van der Waals surface area contributed by atoms with Crippen molar-refractivity contribution >= 4 is 27.5 Å². The number of ketones is 2. The van der Waals surface area contributed by atoms with Crippen LogP contribution in [0.3, 0.4) is 0 Å². The highest BCUT2D eigenvalue weighted by atomic mass is 79.9. The highest BCUT2D eigenvalue weighted by molar-refractivity contribution is 9.10. The third kappa shape index (κ3) is 5.52. The summed E-state index contributed by atoms with van der Waals surface area (Å²) in [5.41, 5.74) is 7.51. The average molecular weight is 607 g/mol. The van der Waals surface area contributed by atoms with E-state index in [0.29, 0.717) is 37.6 Å². The first-order valence-electron chi connectivity index (χ1n) is 14.2. The zero-order chi connectivity index (χ0) is 29.0. The zero-order valence-electron chi connectivity index (χ0n) is 24.7. The standard InChI is InChI=1S/C34H40BrNO4/c1-8-39-28-13-22(12-23(35)32(28)40-18-21-10-9-19(2)20(3)11-21)29-30-24(14-33(4,5)16-26(30)37)36-25-15-34(6,7)17-27(38)31(25)29/h9-13,29,36H,8,14-18H2,1-7H3. The Morgan fingerprint density at radius 2 is 1.45 bits per heavy atom. The van der Waals surface area contributed by atoms with Gasteiger partial charge < -0.3 is 14.8 Å². The van der Waals surface area contributed by atoms with Crippen LogP contribution in [0, 0.1) is 24.7 Å². The maximum Gasteiger partial charge on any atom is 0.175 e. The highest BCUT2D eigenvalue weighted by Crippen LogP contribution is 2.52. The minimum atomic E-state index is -0.428. The molecule has 0 saturated heterocycles. The number of hydrogen-bond donors (Lipinski definition) is 1. The van der Waals surface area contributed by atoms with Crippen molar-refractivity contribution in [2.75, 3.05) is 6.61 Å². The molecule has 0 aromatic heterocycles. The van der Waals surface area contributed by atoms with Crippen LogP contribution in [0.15, 0.2) is 57.3 Å². The van der Waals surface area contributed by atoms with Crippen molar-refractivity contribution in [3.63, 3.8) is 0 Å². The number of hydrogen-bond acceptors (Lipinski definition) is 5. The Morgan fingerprint density at radius 3 is 2.00 bits per heavy atom. The Labute approximate surface area is 246 Å². The van der Waals surface area contributed by atoms with Gasteiger partial charge in [-0.05, 0) is 94.8 Å². The molecule has 0 spiro atoms. The van der Waals surface area contributed by atoms with Gasteiger partial charge in [0.25, 0.3) is 0 Å². The number of rotatable bonds is 6. The Morgan fingerprint density at radius 1 is 0.850 bits per heavy atom. The van der Waals surface area contributed by atoms with E-state index in [2.05, 4.69) is 81.0 Å². The van der Waals surface area contributed by atoms with E-state index in [9.17, 15) is 9.59 Å². The summed E-state index contributed by atoms with van der Waals surface area (Å²) in [7, 11) is 0. The molecule has 0 radical (unpaired) electrons. The van der Waals surface area contributed by atoms with Gasteiger partial charge in [-0.15, -0.1) is 0 Å². The van der Waals surface area contributed by atoms with Crippen LogP contribution in [0.5, 0.6) is 11.5 Å². The molecule has 2 aliphatic carbocycles. The van der Waals surface area contributed by atoms with Crippen molar-refractivity contribution in [2.45, 2.75) is 86.7 Å². The van der Waals surface area contributed by atoms with Crippen LogP contribution >= 0.6 is 15.9 Å². The highest BCUT2D eigenvalue weighted by Gasteiger charge is 2.46. The van der Waals surface area contributed by atoms with E-state index in [-0.39, 0.29) is 22.4 Å². The predicted molar refractivity (Wildman–Crippen MR) is 162 cm³/mol. The number of Topliss-reactive ketones (excluding diaryl/α,β-unsaturated/α-hetero) is 2. The van der Waals surface area contributed by atoms with Gasteiger partial charge in [0.15, 0.2) is 23.1 Å². The molecular formula is C34H40BrNO4. The van der Waals surface area contributed by atoms with Crippen LogP contribution < -0.4 is 14.8 Å². The third-order valence-corrected chi connectivity index (χ3v) is 8.93. The summed E-state index contributed by atoms with van der Waals surface area (Å²) in [5, 5.41) is 3.59. The molecule has 1 heterocycles. The van der Waals surface area contributed by atoms with Crippen LogP contribution in [0.1, 0.15) is 88.5 Å². The predicted octanol–water partition coefficient (Wildman–Crippen LogP) is 8.02. The monoisotopic (exact) mass is 605 g/mol. The van der Waals surface area contributed by atoms with Gasteiger partial charge in [-0.25, -0.2) is 0 Å². The zero-order valence-corrected chi connectivity index (χ0v) is 26.3. The molecule has 5 nitrogen and oxygen atoms in total. The van der Waals surface area contributed by atoms with Crippen molar-refractivity contribution in [2.24, 2.45) is 10.8 Å². The Kier molecular flexibility index (Phi) is 7.54. The molecule has 0 saturated carbocycles.